The summed E-state index contributed by atoms with van der Waals surface area (Å²) in [6.45, 7) is 8.10. The van der Waals surface area contributed by atoms with E-state index in [-0.39, 0.29) is 0 Å². The van der Waals surface area contributed by atoms with Crippen LogP contribution in [0.1, 0.15) is 26.7 Å². The van der Waals surface area contributed by atoms with Gasteiger partial charge in [-0.25, -0.2) is 9.34 Å². The Balaban J connectivity index is 1.84. The lowest BCUT2D eigenvalue weighted by molar-refractivity contribution is 0.498. The van der Waals surface area contributed by atoms with E-state index < -0.39 is 6.49 Å². The first kappa shape index (κ1) is 10.7. The summed E-state index contributed by atoms with van der Waals surface area (Å²) >= 11 is 6.08. The van der Waals surface area contributed by atoms with Gasteiger partial charge in [-0.15, -0.1) is 0 Å². The van der Waals surface area contributed by atoms with E-state index in [0.717, 1.165) is 12.1 Å². The van der Waals surface area contributed by atoms with Gasteiger partial charge in [-0.3, -0.25) is 4.67 Å². The molecule has 4 unspecified atom stereocenters. The molecule has 3 saturated heterocycles. The van der Waals surface area contributed by atoms with Gasteiger partial charge in [-0.2, -0.15) is 0 Å². The minimum atomic E-state index is -1.47. The molecule has 0 N–H and O–H groups in total. The van der Waals surface area contributed by atoms with Crippen molar-refractivity contribution in [1.29, 1.82) is 0 Å². The molecule has 0 aliphatic carbocycles. The molecule has 0 saturated carbocycles. The summed E-state index contributed by atoms with van der Waals surface area (Å²) < 4.78 is 7.78. The van der Waals surface area contributed by atoms with Crippen molar-refractivity contribution in [2.24, 2.45) is 0 Å². The minimum Gasteiger partial charge on any atom is -0.252 e. The summed E-state index contributed by atoms with van der Waals surface area (Å²) in [6, 6.07) is 1.48. The Hall–Kier alpha value is 0.530. The van der Waals surface area contributed by atoms with Crippen molar-refractivity contribution in [1.82, 2.24) is 14.0 Å². The molecule has 3 nitrogen and oxygen atoms in total. The maximum absolute atomic E-state index is 6.08. The van der Waals surface area contributed by atoms with Gasteiger partial charge in [-0.05, 0) is 38.5 Å². The van der Waals surface area contributed by atoms with Gasteiger partial charge in [0.15, 0.2) is 0 Å². The molecule has 0 aromatic carbocycles. The van der Waals surface area contributed by atoms with Gasteiger partial charge in [0.2, 0.25) is 0 Å². The average molecular weight is 245 g/mol. The first-order valence-corrected chi connectivity index (χ1v) is 8.70. The molecule has 0 amide bonds. The zero-order valence-electron chi connectivity index (χ0n) is 9.59. The molecule has 3 heterocycles. The van der Waals surface area contributed by atoms with Gasteiger partial charge in [-0.1, -0.05) is 0 Å². The maximum Gasteiger partial charge on any atom is 0.146 e. The SMILES string of the molecule is CC1CN1P(=S)(N1CCCC1)N1CC1C. The zero-order valence-corrected chi connectivity index (χ0v) is 11.3. The van der Waals surface area contributed by atoms with Crippen molar-refractivity contribution < 1.29 is 0 Å². The Morgan fingerprint density at radius 2 is 1.40 bits per heavy atom. The van der Waals surface area contributed by atoms with Crippen LogP contribution in [0.3, 0.4) is 0 Å². The summed E-state index contributed by atoms with van der Waals surface area (Å²) in [5, 5.41) is 0. The Labute approximate surface area is 97.6 Å². The average Bonchev–Trinajstić information content (AvgIpc) is 3.03. The monoisotopic (exact) mass is 245 g/mol. The number of hydrogen-bond acceptors (Lipinski definition) is 1. The van der Waals surface area contributed by atoms with E-state index in [2.05, 4.69) is 27.9 Å². The van der Waals surface area contributed by atoms with Crippen LogP contribution in [0.5, 0.6) is 0 Å². The van der Waals surface area contributed by atoms with E-state index in [1.807, 2.05) is 0 Å². The van der Waals surface area contributed by atoms with Gasteiger partial charge >= 0.3 is 0 Å². The summed E-state index contributed by atoms with van der Waals surface area (Å²) in [6.07, 6.45) is 2.70. The second-order valence-corrected chi connectivity index (χ2v) is 9.21. The Morgan fingerprint density at radius 1 is 1.00 bits per heavy atom. The molecule has 86 valence electrons. The first-order chi connectivity index (χ1) is 7.14. The third kappa shape index (κ3) is 1.62. The highest BCUT2D eigenvalue weighted by Crippen LogP contribution is 2.67. The van der Waals surface area contributed by atoms with Gasteiger partial charge in [0.1, 0.15) is 6.49 Å². The molecule has 3 aliphatic heterocycles. The summed E-state index contributed by atoms with van der Waals surface area (Å²) in [4.78, 5) is 0. The second kappa shape index (κ2) is 3.51. The zero-order chi connectivity index (χ0) is 10.6. The molecular formula is C10H20N3PS. The predicted octanol–water partition coefficient (Wildman–Crippen LogP) is 1.71. The van der Waals surface area contributed by atoms with E-state index in [1.165, 1.54) is 39.0 Å². The topological polar surface area (TPSA) is 9.26 Å². The summed E-state index contributed by atoms with van der Waals surface area (Å²) in [7, 11) is 0. The molecule has 0 aromatic rings. The third-order valence-corrected chi connectivity index (χ3v) is 9.32. The lowest BCUT2D eigenvalue weighted by Gasteiger charge is -2.34. The molecule has 3 aliphatic rings. The lowest BCUT2D eigenvalue weighted by Crippen LogP contribution is -2.25. The van der Waals surface area contributed by atoms with Crippen molar-refractivity contribution in [2.45, 2.75) is 38.8 Å². The summed E-state index contributed by atoms with van der Waals surface area (Å²) in [5.41, 5.74) is 0. The molecule has 5 heteroatoms. The Morgan fingerprint density at radius 3 is 1.73 bits per heavy atom. The third-order valence-electron chi connectivity index (χ3n) is 3.77. The number of rotatable bonds is 3. The molecular weight excluding hydrogens is 225 g/mol. The van der Waals surface area contributed by atoms with E-state index in [0.29, 0.717) is 0 Å². The highest BCUT2D eigenvalue weighted by Gasteiger charge is 2.54. The molecule has 4 atom stereocenters. The molecule has 0 bridgehead atoms. The van der Waals surface area contributed by atoms with Gasteiger partial charge in [0, 0.05) is 38.3 Å². The molecule has 3 fully saturated rings. The molecule has 0 spiro atoms. The second-order valence-electron chi connectivity index (χ2n) is 5.12. The van der Waals surface area contributed by atoms with Gasteiger partial charge in [0.25, 0.3) is 0 Å². The van der Waals surface area contributed by atoms with Crippen LogP contribution in [0.15, 0.2) is 0 Å². The predicted molar refractivity (Wildman–Crippen MR) is 67.4 cm³/mol. The lowest BCUT2D eigenvalue weighted by atomic mass is 10.4. The molecule has 0 aromatic heterocycles. The molecule has 0 radical (unpaired) electrons. The summed E-state index contributed by atoms with van der Waals surface area (Å²) in [5.74, 6) is 0. The quantitative estimate of drug-likeness (QED) is 0.553. The van der Waals surface area contributed by atoms with Gasteiger partial charge in [0.05, 0.1) is 0 Å². The van der Waals surface area contributed by atoms with Crippen LogP contribution < -0.4 is 0 Å². The fourth-order valence-corrected chi connectivity index (χ4v) is 8.14. The largest absolute Gasteiger partial charge is 0.252 e. The smallest absolute Gasteiger partial charge is 0.146 e. The van der Waals surface area contributed by atoms with E-state index in [4.69, 9.17) is 11.8 Å². The first-order valence-electron chi connectivity index (χ1n) is 6.04. The Kier molecular flexibility index (Phi) is 2.50. The van der Waals surface area contributed by atoms with Crippen molar-refractivity contribution in [3.05, 3.63) is 0 Å². The normalized spacial score (nSPS) is 48.9. The molecule has 15 heavy (non-hydrogen) atoms. The number of hydrogen-bond donors (Lipinski definition) is 0. The van der Waals surface area contributed by atoms with Crippen LogP contribution in [0, 0.1) is 0 Å². The Bertz CT molecular complexity index is 296. The van der Waals surface area contributed by atoms with Crippen molar-refractivity contribution in [3.8, 4) is 0 Å². The van der Waals surface area contributed by atoms with Gasteiger partial charge < -0.3 is 0 Å². The van der Waals surface area contributed by atoms with Crippen LogP contribution in [-0.2, 0) is 11.8 Å². The fourth-order valence-electron chi connectivity index (χ4n) is 2.61. The minimum absolute atomic E-state index is 0.740. The van der Waals surface area contributed by atoms with E-state index in [1.54, 1.807) is 0 Å². The number of nitrogens with zero attached hydrogens (tertiary/aromatic N) is 3. The van der Waals surface area contributed by atoms with Crippen LogP contribution in [0.25, 0.3) is 0 Å². The van der Waals surface area contributed by atoms with Crippen LogP contribution >= 0.6 is 6.49 Å². The van der Waals surface area contributed by atoms with E-state index in [9.17, 15) is 0 Å². The van der Waals surface area contributed by atoms with Crippen LogP contribution in [-0.4, -0.2) is 52.3 Å². The highest BCUT2D eigenvalue weighted by molar-refractivity contribution is 8.11. The fraction of sp³-hybridized carbons (Fsp3) is 1.00. The maximum atomic E-state index is 6.08. The van der Waals surface area contributed by atoms with E-state index >= 15 is 0 Å². The van der Waals surface area contributed by atoms with Crippen molar-refractivity contribution >= 4 is 18.3 Å². The van der Waals surface area contributed by atoms with Crippen LogP contribution in [0.2, 0.25) is 0 Å². The molecule has 3 rings (SSSR count). The highest BCUT2D eigenvalue weighted by atomic mass is 32.4. The standard InChI is InChI=1S/C10H20N3PS/c1-9-7-12(9)14(15,13-8-10(13)2)11-5-3-4-6-11/h9-10H,3-8H2,1-2H3. The van der Waals surface area contributed by atoms with Crippen molar-refractivity contribution in [3.63, 3.8) is 0 Å². The van der Waals surface area contributed by atoms with Crippen molar-refractivity contribution in [2.75, 3.05) is 26.2 Å². The van der Waals surface area contributed by atoms with Crippen LogP contribution in [0.4, 0.5) is 0 Å².